The van der Waals surface area contributed by atoms with E-state index in [0.717, 1.165) is 16.9 Å². The number of hydrogen-bond donors (Lipinski definition) is 2. The fraction of sp³-hybridized carbons (Fsp3) is 0.286. The third-order valence-electron chi connectivity index (χ3n) is 2.76. The van der Waals surface area contributed by atoms with Crippen LogP contribution in [0.5, 0.6) is 0 Å². The Bertz CT molecular complexity index is 580. The van der Waals surface area contributed by atoms with Gasteiger partial charge in [-0.05, 0) is 32.4 Å². The van der Waals surface area contributed by atoms with Crippen molar-refractivity contribution in [2.24, 2.45) is 0 Å². The summed E-state index contributed by atoms with van der Waals surface area (Å²) >= 11 is 1.43. The molecular formula is C14H17N3OS. The summed E-state index contributed by atoms with van der Waals surface area (Å²) in [5.41, 5.74) is 3.01. The third-order valence-corrected chi connectivity index (χ3v) is 3.64. The predicted molar refractivity (Wildman–Crippen MR) is 79.7 cm³/mol. The number of aryl methyl sites for hydroxylation is 2. The van der Waals surface area contributed by atoms with E-state index in [9.17, 15) is 4.79 Å². The maximum atomic E-state index is 12.0. The first-order valence-corrected chi connectivity index (χ1v) is 6.99. The first-order chi connectivity index (χ1) is 9.06. The number of carbonyl (C=O) groups is 1. The van der Waals surface area contributed by atoms with Gasteiger partial charge in [-0.1, -0.05) is 18.2 Å². The Morgan fingerprint density at radius 2 is 2.05 bits per heavy atom. The topological polar surface area (TPSA) is 54.0 Å². The Kier molecular flexibility index (Phi) is 4.16. The molecule has 0 bridgehead atoms. The highest BCUT2D eigenvalue weighted by molar-refractivity contribution is 7.13. The molecule has 0 fully saturated rings. The minimum Gasteiger partial charge on any atom is -0.374 e. The highest BCUT2D eigenvalue weighted by atomic mass is 32.1. The van der Waals surface area contributed by atoms with Gasteiger partial charge in [0.05, 0.1) is 5.69 Å². The standard InChI is InChI=1S/C14H17N3OS/c1-9-6-4-5-7-12(9)16-11(3)13(18)17-14-15-10(2)8-19-14/h4-8,11,16H,1-3H3,(H,15,17,18)/t11-/m0/s1. The Hall–Kier alpha value is -1.88. The van der Waals surface area contributed by atoms with E-state index in [0.29, 0.717) is 5.13 Å². The average Bonchev–Trinajstić information content (AvgIpc) is 2.77. The van der Waals surface area contributed by atoms with E-state index in [-0.39, 0.29) is 11.9 Å². The number of benzene rings is 1. The molecular weight excluding hydrogens is 258 g/mol. The Morgan fingerprint density at radius 1 is 1.32 bits per heavy atom. The second kappa shape index (κ2) is 5.84. The number of rotatable bonds is 4. The van der Waals surface area contributed by atoms with Crippen molar-refractivity contribution < 1.29 is 4.79 Å². The van der Waals surface area contributed by atoms with Gasteiger partial charge in [0.15, 0.2) is 5.13 Å². The van der Waals surface area contributed by atoms with Crippen LogP contribution < -0.4 is 10.6 Å². The van der Waals surface area contributed by atoms with Crippen molar-refractivity contribution in [2.45, 2.75) is 26.8 Å². The molecule has 0 radical (unpaired) electrons. The molecule has 0 unspecified atom stereocenters. The molecule has 0 aliphatic heterocycles. The van der Waals surface area contributed by atoms with Crippen LogP contribution in [0.25, 0.3) is 0 Å². The van der Waals surface area contributed by atoms with Crippen molar-refractivity contribution in [2.75, 3.05) is 10.6 Å². The van der Waals surface area contributed by atoms with E-state index in [4.69, 9.17) is 0 Å². The van der Waals surface area contributed by atoms with Crippen molar-refractivity contribution in [1.29, 1.82) is 0 Å². The zero-order valence-electron chi connectivity index (χ0n) is 11.2. The minimum atomic E-state index is -0.315. The molecule has 2 aromatic rings. The maximum absolute atomic E-state index is 12.0. The first-order valence-electron chi connectivity index (χ1n) is 6.11. The summed E-state index contributed by atoms with van der Waals surface area (Å²) in [6.07, 6.45) is 0. The van der Waals surface area contributed by atoms with Crippen molar-refractivity contribution in [3.63, 3.8) is 0 Å². The highest BCUT2D eigenvalue weighted by Crippen LogP contribution is 2.17. The lowest BCUT2D eigenvalue weighted by Gasteiger charge is -2.15. The molecule has 0 aliphatic carbocycles. The van der Waals surface area contributed by atoms with E-state index >= 15 is 0 Å². The molecule has 1 aromatic carbocycles. The monoisotopic (exact) mass is 275 g/mol. The fourth-order valence-corrected chi connectivity index (χ4v) is 2.35. The Labute approximate surface area is 116 Å². The van der Waals surface area contributed by atoms with Gasteiger partial charge in [-0.15, -0.1) is 11.3 Å². The summed E-state index contributed by atoms with van der Waals surface area (Å²) in [7, 11) is 0. The van der Waals surface area contributed by atoms with Crippen LogP contribution in [0, 0.1) is 13.8 Å². The van der Waals surface area contributed by atoms with E-state index < -0.39 is 0 Å². The summed E-state index contributed by atoms with van der Waals surface area (Å²) in [5.74, 6) is -0.0856. The van der Waals surface area contributed by atoms with Crippen LogP contribution in [0.15, 0.2) is 29.6 Å². The van der Waals surface area contributed by atoms with Crippen molar-refractivity contribution in [1.82, 2.24) is 4.98 Å². The van der Waals surface area contributed by atoms with Crippen LogP contribution in [-0.2, 0) is 4.79 Å². The number of amides is 1. The molecule has 1 heterocycles. The van der Waals surface area contributed by atoms with Crippen molar-refractivity contribution in [3.8, 4) is 0 Å². The van der Waals surface area contributed by atoms with E-state index in [2.05, 4.69) is 15.6 Å². The Morgan fingerprint density at radius 3 is 2.68 bits per heavy atom. The number of para-hydroxylation sites is 1. The highest BCUT2D eigenvalue weighted by Gasteiger charge is 2.14. The van der Waals surface area contributed by atoms with Crippen LogP contribution >= 0.6 is 11.3 Å². The Balaban J connectivity index is 1.98. The van der Waals surface area contributed by atoms with E-state index in [1.165, 1.54) is 11.3 Å². The molecule has 5 heteroatoms. The van der Waals surface area contributed by atoms with Crippen molar-refractivity contribution >= 4 is 28.1 Å². The summed E-state index contributed by atoms with van der Waals surface area (Å²) in [6, 6.07) is 7.59. The average molecular weight is 275 g/mol. The molecule has 1 amide bonds. The van der Waals surface area contributed by atoms with E-state index in [1.807, 2.05) is 50.4 Å². The van der Waals surface area contributed by atoms with Gasteiger partial charge < -0.3 is 10.6 Å². The van der Waals surface area contributed by atoms with Gasteiger partial charge in [-0.3, -0.25) is 4.79 Å². The first kappa shape index (κ1) is 13.5. The van der Waals surface area contributed by atoms with Gasteiger partial charge in [0.1, 0.15) is 6.04 Å². The summed E-state index contributed by atoms with van der Waals surface area (Å²) in [5, 5.41) is 8.56. The van der Waals surface area contributed by atoms with Gasteiger partial charge in [0.2, 0.25) is 5.91 Å². The number of aromatic nitrogens is 1. The quantitative estimate of drug-likeness (QED) is 0.901. The minimum absolute atomic E-state index is 0.0856. The smallest absolute Gasteiger partial charge is 0.248 e. The lowest BCUT2D eigenvalue weighted by Crippen LogP contribution is -2.32. The summed E-state index contributed by atoms with van der Waals surface area (Å²) < 4.78 is 0. The van der Waals surface area contributed by atoms with Crippen LogP contribution in [0.4, 0.5) is 10.8 Å². The van der Waals surface area contributed by atoms with Gasteiger partial charge >= 0.3 is 0 Å². The second-order valence-corrected chi connectivity index (χ2v) is 5.32. The summed E-state index contributed by atoms with van der Waals surface area (Å²) in [4.78, 5) is 16.2. The zero-order valence-corrected chi connectivity index (χ0v) is 12.0. The number of nitrogens with zero attached hydrogens (tertiary/aromatic N) is 1. The molecule has 0 spiro atoms. The molecule has 100 valence electrons. The lowest BCUT2D eigenvalue weighted by atomic mass is 10.2. The molecule has 0 aliphatic rings. The molecule has 0 saturated heterocycles. The van der Waals surface area contributed by atoms with Gasteiger partial charge in [-0.25, -0.2) is 4.98 Å². The zero-order chi connectivity index (χ0) is 13.8. The fourth-order valence-electron chi connectivity index (χ4n) is 1.66. The van der Waals surface area contributed by atoms with Crippen LogP contribution in [0.3, 0.4) is 0 Å². The van der Waals surface area contributed by atoms with Crippen LogP contribution in [0.2, 0.25) is 0 Å². The molecule has 0 saturated carbocycles. The SMILES string of the molecule is Cc1csc(NC(=O)[C@H](C)Nc2ccccc2C)n1. The molecule has 1 atom stereocenters. The maximum Gasteiger partial charge on any atom is 0.248 e. The largest absolute Gasteiger partial charge is 0.374 e. The van der Waals surface area contributed by atoms with E-state index in [1.54, 1.807) is 0 Å². The van der Waals surface area contributed by atoms with Crippen LogP contribution in [0.1, 0.15) is 18.2 Å². The van der Waals surface area contributed by atoms with Crippen LogP contribution in [-0.4, -0.2) is 16.9 Å². The third kappa shape index (κ3) is 3.54. The molecule has 2 N–H and O–H groups in total. The van der Waals surface area contributed by atoms with Gasteiger partial charge in [-0.2, -0.15) is 0 Å². The number of anilines is 2. The number of nitrogens with one attached hydrogen (secondary N) is 2. The van der Waals surface area contributed by atoms with Gasteiger partial charge in [0.25, 0.3) is 0 Å². The second-order valence-electron chi connectivity index (χ2n) is 4.46. The molecule has 19 heavy (non-hydrogen) atoms. The molecule has 2 rings (SSSR count). The van der Waals surface area contributed by atoms with Crippen molar-refractivity contribution in [3.05, 3.63) is 40.9 Å². The molecule has 4 nitrogen and oxygen atoms in total. The molecule has 1 aromatic heterocycles. The van der Waals surface area contributed by atoms with Gasteiger partial charge in [0, 0.05) is 11.1 Å². The lowest BCUT2D eigenvalue weighted by molar-refractivity contribution is -0.116. The number of carbonyl (C=O) groups excluding carboxylic acids is 1. The normalized spacial score (nSPS) is 11.9. The predicted octanol–water partition coefficient (Wildman–Crippen LogP) is 3.20. The summed E-state index contributed by atoms with van der Waals surface area (Å²) in [6.45, 7) is 5.75. The number of hydrogen-bond acceptors (Lipinski definition) is 4. The number of thiazole rings is 1.